The summed E-state index contributed by atoms with van der Waals surface area (Å²) in [7, 11) is 0. The Morgan fingerprint density at radius 1 is 1.20 bits per heavy atom. The predicted octanol–water partition coefficient (Wildman–Crippen LogP) is 5.15. The predicted molar refractivity (Wildman–Crippen MR) is 110 cm³/mol. The Morgan fingerprint density at radius 3 is 2.48 bits per heavy atom. The molecule has 3 nitrogen and oxygen atoms in total. The first-order chi connectivity index (χ1) is 12.0. The number of benzene rings is 2. The topological polar surface area (TPSA) is 38.3 Å². The van der Waals surface area contributed by atoms with E-state index >= 15 is 0 Å². The molecule has 2 aromatic carbocycles. The highest BCUT2D eigenvalue weighted by molar-refractivity contribution is 9.10. The molecule has 0 saturated carbocycles. The van der Waals surface area contributed by atoms with Gasteiger partial charge in [0.1, 0.15) is 5.75 Å². The fourth-order valence-electron chi connectivity index (χ4n) is 2.22. The summed E-state index contributed by atoms with van der Waals surface area (Å²) in [5, 5.41) is 3.62. The standard InChI is InChI=1S/C19H21BrClNO2S/c1-13-9-17(10-14(2)19(13)20)24-11-18(23)22-7-8-25-12-15-3-5-16(21)6-4-15/h3-6,9-10H,7-8,11-12H2,1-2H3,(H,22,23). The summed E-state index contributed by atoms with van der Waals surface area (Å²) in [4.78, 5) is 11.9. The van der Waals surface area contributed by atoms with Crippen LogP contribution in [0.5, 0.6) is 5.75 Å². The van der Waals surface area contributed by atoms with Crippen molar-refractivity contribution >= 4 is 45.2 Å². The summed E-state index contributed by atoms with van der Waals surface area (Å²) in [5.41, 5.74) is 3.41. The van der Waals surface area contributed by atoms with Crippen LogP contribution >= 0.6 is 39.3 Å². The van der Waals surface area contributed by atoms with E-state index in [1.165, 1.54) is 5.56 Å². The van der Waals surface area contributed by atoms with Crippen LogP contribution in [-0.2, 0) is 10.5 Å². The lowest BCUT2D eigenvalue weighted by Gasteiger charge is -2.10. The second kappa shape index (κ2) is 10.1. The van der Waals surface area contributed by atoms with Crippen LogP contribution in [0, 0.1) is 13.8 Å². The SMILES string of the molecule is Cc1cc(OCC(=O)NCCSCc2ccc(Cl)cc2)cc(C)c1Br. The van der Waals surface area contributed by atoms with Crippen LogP contribution in [0.2, 0.25) is 5.02 Å². The molecule has 2 aromatic rings. The highest BCUT2D eigenvalue weighted by Crippen LogP contribution is 2.26. The fourth-order valence-corrected chi connectivity index (χ4v) is 3.40. The van der Waals surface area contributed by atoms with Gasteiger partial charge >= 0.3 is 0 Å². The molecular formula is C19H21BrClNO2S. The van der Waals surface area contributed by atoms with Gasteiger partial charge in [0.15, 0.2) is 6.61 Å². The van der Waals surface area contributed by atoms with Crippen molar-refractivity contribution in [3.05, 3.63) is 62.6 Å². The summed E-state index contributed by atoms with van der Waals surface area (Å²) < 4.78 is 6.64. The number of carbonyl (C=O) groups excluding carboxylic acids is 1. The number of hydrogen-bond acceptors (Lipinski definition) is 3. The number of rotatable bonds is 8. The number of ether oxygens (including phenoxy) is 1. The molecule has 0 aromatic heterocycles. The molecular weight excluding hydrogens is 422 g/mol. The molecule has 0 atom stereocenters. The second-order valence-electron chi connectivity index (χ2n) is 5.69. The summed E-state index contributed by atoms with van der Waals surface area (Å²) in [6, 6.07) is 11.7. The Labute approximate surface area is 166 Å². The van der Waals surface area contributed by atoms with Gasteiger partial charge in [0.05, 0.1) is 0 Å². The number of halogens is 2. The third kappa shape index (κ3) is 6.92. The van der Waals surface area contributed by atoms with Gasteiger partial charge in [-0.05, 0) is 54.8 Å². The van der Waals surface area contributed by atoms with Crippen LogP contribution < -0.4 is 10.1 Å². The van der Waals surface area contributed by atoms with Gasteiger partial charge in [0.25, 0.3) is 5.91 Å². The second-order valence-corrected chi connectivity index (χ2v) is 8.02. The molecule has 0 fully saturated rings. The molecule has 6 heteroatoms. The highest BCUT2D eigenvalue weighted by Gasteiger charge is 2.06. The van der Waals surface area contributed by atoms with E-state index in [0.717, 1.165) is 32.1 Å². The van der Waals surface area contributed by atoms with Crippen molar-refractivity contribution in [3.8, 4) is 5.75 Å². The van der Waals surface area contributed by atoms with E-state index in [1.54, 1.807) is 11.8 Å². The van der Waals surface area contributed by atoms with Gasteiger partial charge < -0.3 is 10.1 Å². The van der Waals surface area contributed by atoms with Gasteiger partial charge in [-0.15, -0.1) is 0 Å². The average molecular weight is 443 g/mol. The van der Waals surface area contributed by atoms with Crippen LogP contribution in [0.15, 0.2) is 40.9 Å². The zero-order valence-electron chi connectivity index (χ0n) is 14.3. The highest BCUT2D eigenvalue weighted by atomic mass is 79.9. The number of carbonyl (C=O) groups is 1. The maximum Gasteiger partial charge on any atom is 0.257 e. The van der Waals surface area contributed by atoms with E-state index < -0.39 is 0 Å². The van der Waals surface area contributed by atoms with Crippen molar-refractivity contribution in [2.24, 2.45) is 0 Å². The molecule has 2 rings (SSSR count). The smallest absolute Gasteiger partial charge is 0.257 e. The minimum atomic E-state index is -0.106. The van der Waals surface area contributed by atoms with Gasteiger partial charge in [-0.2, -0.15) is 11.8 Å². The van der Waals surface area contributed by atoms with E-state index in [0.29, 0.717) is 12.3 Å². The quantitative estimate of drug-likeness (QED) is 0.575. The van der Waals surface area contributed by atoms with Gasteiger partial charge in [-0.3, -0.25) is 4.79 Å². The van der Waals surface area contributed by atoms with E-state index in [2.05, 4.69) is 21.2 Å². The molecule has 0 unspecified atom stereocenters. The third-order valence-corrected chi connectivity index (χ3v) is 6.06. The zero-order chi connectivity index (χ0) is 18.2. The zero-order valence-corrected chi connectivity index (χ0v) is 17.4. The molecule has 1 N–H and O–H groups in total. The molecule has 25 heavy (non-hydrogen) atoms. The lowest BCUT2D eigenvalue weighted by atomic mass is 10.1. The van der Waals surface area contributed by atoms with Gasteiger partial charge in [0, 0.05) is 27.5 Å². The summed E-state index contributed by atoms with van der Waals surface area (Å²) in [5.74, 6) is 2.36. The Balaban J connectivity index is 1.63. The minimum Gasteiger partial charge on any atom is -0.484 e. The Hall–Kier alpha value is -1.17. The summed E-state index contributed by atoms with van der Waals surface area (Å²) >= 11 is 11.1. The number of amides is 1. The number of nitrogens with one attached hydrogen (secondary N) is 1. The lowest BCUT2D eigenvalue weighted by molar-refractivity contribution is -0.122. The van der Waals surface area contributed by atoms with E-state index in [1.807, 2.05) is 50.2 Å². The molecule has 134 valence electrons. The first-order valence-corrected chi connectivity index (χ1v) is 10.3. The van der Waals surface area contributed by atoms with Crippen LogP contribution in [-0.4, -0.2) is 24.8 Å². The normalized spacial score (nSPS) is 10.6. The Bertz CT molecular complexity index is 699. The molecule has 0 radical (unpaired) electrons. The number of thioether (sulfide) groups is 1. The Morgan fingerprint density at radius 2 is 1.84 bits per heavy atom. The average Bonchev–Trinajstić information content (AvgIpc) is 2.59. The van der Waals surface area contributed by atoms with Crippen molar-refractivity contribution in [1.29, 1.82) is 0 Å². The molecule has 1 amide bonds. The largest absolute Gasteiger partial charge is 0.484 e. The fraction of sp³-hybridized carbons (Fsp3) is 0.316. The van der Waals surface area contributed by atoms with Crippen molar-refractivity contribution in [2.45, 2.75) is 19.6 Å². The molecule has 0 heterocycles. The molecule has 0 aliphatic rings. The minimum absolute atomic E-state index is 0.0301. The van der Waals surface area contributed by atoms with Gasteiger partial charge in [0.2, 0.25) is 0 Å². The first kappa shape index (κ1) is 20.1. The molecule has 0 aliphatic carbocycles. The van der Waals surface area contributed by atoms with Gasteiger partial charge in [-0.1, -0.05) is 39.7 Å². The van der Waals surface area contributed by atoms with Crippen LogP contribution in [0.4, 0.5) is 0 Å². The maximum absolute atomic E-state index is 11.9. The molecule has 0 saturated heterocycles. The maximum atomic E-state index is 11.9. The number of hydrogen-bond donors (Lipinski definition) is 1. The third-order valence-electron chi connectivity index (χ3n) is 3.53. The van der Waals surface area contributed by atoms with Crippen LogP contribution in [0.25, 0.3) is 0 Å². The van der Waals surface area contributed by atoms with Crippen LogP contribution in [0.3, 0.4) is 0 Å². The van der Waals surface area contributed by atoms with Crippen molar-refractivity contribution in [2.75, 3.05) is 18.9 Å². The van der Waals surface area contributed by atoms with Crippen LogP contribution in [0.1, 0.15) is 16.7 Å². The monoisotopic (exact) mass is 441 g/mol. The number of aryl methyl sites for hydroxylation is 2. The molecule has 0 bridgehead atoms. The Kier molecular flexibility index (Phi) is 8.13. The molecule has 0 aliphatic heterocycles. The van der Waals surface area contributed by atoms with Crippen molar-refractivity contribution in [3.63, 3.8) is 0 Å². The molecule has 0 spiro atoms. The van der Waals surface area contributed by atoms with Gasteiger partial charge in [-0.25, -0.2) is 0 Å². The summed E-state index contributed by atoms with van der Waals surface area (Å²) in [6.45, 7) is 4.66. The van der Waals surface area contributed by atoms with E-state index in [-0.39, 0.29) is 12.5 Å². The van der Waals surface area contributed by atoms with E-state index in [4.69, 9.17) is 16.3 Å². The lowest BCUT2D eigenvalue weighted by Crippen LogP contribution is -2.30. The van der Waals surface area contributed by atoms with Crippen molar-refractivity contribution < 1.29 is 9.53 Å². The summed E-state index contributed by atoms with van der Waals surface area (Å²) in [6.07, 6.45) is 0. The first-order valence-electron chi connectivity index (χ1n) is 7.94. The van der Waals surface area contributed by atoms with Crippen molar-refractivity contribution in [1.82, 2.24) is 5.32 Å². The van der Waals surface area contributed by atoms with E-state index in [9.17, 15) is 4.79 Å².